The highest BCUT2D eigenvalue weighted by molar-refractivity contribution is 5.92. The van der Waals surface area contributed by atoms with Gasteiger partial charge < -0.3 is 24.6 Å². The van der Waals surface area contributed by atoms with Crippen molar-refractivity contribution in [3.63, 3.8) is 0 Å². The van der Waals surface area contributed by atoms with Crippen LogP contribution in [-0.4, -0.2) is 86.1 Å². The molecule has 4 saturated heterocycles. The molecule has 4 aliphatic rings. The van der Waals surface area contributed by atoms with Gasteiger partial charge in [-0.25, -0.2) is 13.8 Å². The van der Waals surface area contributed by atoms with E-state index in [1.807, 2.05) is 4.57 Å². The summed E-state index contributed by atoms with van der Waals surface area (Å²) in [6.07, 6.45) is 11.1. The lowest BCUT2D eigenvalue weighted by Gasteiger charge is -2.33. The zero-order valence-electron chi connectivity index (χ0n) is 23.8. The number of aromatic hydroxyl groups is 1. The Labute approximate surface area is 247 Å². The molecule has 0 amide bonds. The Kier molecular flexibility index (Phi) is 6.21. The number of anilines is 1. The summed E-state index contributed by atoms with van der Waals surface area (Å²) in [6.45, 7) is 3.48. The molecule has 43 heavy (non-hydrogen) atoms. The molecular formula is C32H33F2N7O2. The second-order valence-electron chi connectivity index (χ2n) is 12.6. The zero-order chi connectivity index (χ0) is 29.3. The quantitative estimate of drug-likeness (QED) is 0.331. The normalized spacial score (nSPS) is 26.8. The van der Waals surface area contributed by atoms with Crippen molar-refractivity contribution in [3.8, 4) is 24.0 Å². The van der Waals surface area contributed by atoms with Crippen LogP contribution in [0.4, 0.5) is 14.7 Å². The smallest absolute Gasteiger partial charge is 0.247 e. The molecule has 8 rings (SSSR count). The average molecular weight is 586 g/mol. The lowest BCUT2D eigenvalue weighted by molar-refractivity contribution is 0.111. The minimum absolute atomic E-state index is 0.0558. The van der Waals surface area contributed by atoms with Crippen LogP contribution in [-0.2, 0) is 6.54 Å². The first-order valence-electron chi connectivity index (χ1n) is 15.1. The maximum absolute atomic E-state index is 14.7. The number of benzene rings is 2. The molecule has 2 N–H and O–H groups in total. The van der Waals surface area contributed by atoms with E-state index in [0.717, 1.165) is 45.3 Å². The number of imidazole rings is 1. The molecule has 222 valence electrons. The van der Waals surface area contributed by atoms with Gasteiger partial charge in [-0.15, -0.1) is 6.42 Å². The van der Waals surface area contributed by atoms with Crippen LogP contribution in [0.15, 0.2) is 30.6 Å². The van der Waals surface area contributed by atoms with E-state index in [0.29, 0.717) is 71.0 Å². The van der Waals surface area contributed by atoms with Gasteiger partial charge in [0.05, 0.1) is 24.0 Å². The predicted molar refractivity (Wildman–Crippen MR) is 159 cm³/mol. The van der Waals surface area contributed by atoms with Gasteiger partial charge in [0, 0.05) is 43.5 Å². The van der Waals surface area contributed by atoms with Crippen molar-refractivity contribution >= 4 is 27.9 Å². The summed E-state index contributed by atoms with van der Waals surface area (Å²) in [5.41, 5.74) is 1.53. The van der Waals surface area contributed by atoms with E-state index in [2.05, 4.69) is 26.0 Å². The second kappa shape index (κ2) is 10.0. The standard InChI is InChI=1S/C32H33F2N7O2/c1-2-25-26(34)7-4-19-10-24(42)11-20(27(19)25)13-40-18-35-28-29(40)37-31(39-15-22-5-6-23(16-39)36-22)38-30(28)43-17-32-8-3-9-41(32)14-21(33)12-32/h1,4,7,10-11,18,21-23,36,42H,3,5-6,8-9,12-17H2/t21-,22-,23+,32+/m1/s1. The van der Waals surface area contributed by atoms with Crippen LogP contribution in [0.2, 0.25) is 0 Å². The molecule has 2 aromatic heterocycles. The van der Waals surface area contributed by atoms with Crippen molar-refractivity contribution in [3.05, 3.63) is 47.5 Å². The molecule has 11 heteroatoms. The molecule has 2 bridgehead atoms. The Morgan fingerprint density at radius 1 is 1.16 bits per heavy atom. The highest BCUT2D eigenvalue weighted by Gasteiger charge is 2.49. The number of fused-ring (bicyclic) bond motifs is 5. The number of terminal acetylenes is 1. The summed E-state index contributed by atoms with van der Waals surface area (Å²) in [5, 5.41) is 15.4. The maximum Gasteiger partial charge on any atom is 0.247 e. The molecular weight excluding hydrogens is 552 g/mol. The fraction of sp³-hybridized carbons (Fsp3) is 0.469. The third kappa shape index (κ3) is 4.46. The van der Waals surface area contributed by atoms with E-state index < -0.39 is 12.0 Å². The van der Waals surface area contributed by atoms with Crippen LogP contribution in [0.5, 0.6) is 11.6 Å². The molecule has 6 heterocycles. The first-order chi connectivity index (χ1) is 20.9. The predicted octanol–water partition coefficient (Wildman–Crippen LogP) is 3.75. The fourth-order valence-corrected chi connectivity index (χ4v) is 7.84. The van der Waals surface area contributed by atoms with E-state index in [-0.39, 0.29) is 23.4 Å². The zero-order valence-corrected chi connectivity index (χ0v) is 23.8. The second-order valence-corrected chi connectivity index (χ2v) is 12.6. The number of hydrogen-bond donors (Lipinski definition) is 2. The molecule has 4 fully saturated rings. The van der Waals surface area contributed by atoms with Gasteiger partial charge in [0.2, 0.25) is 11.8 Å². The van der Waals surface area contributed by atoms with Crippen LogP contribution in [0.1, 0.15) is 43.2 Å². The molecule has 0 unspecified atom stereocenters. The third-order valence-electron chi connectivity index (χ3n) is 9.78. The summed E-state index contributed by atoms with van der Waals surface area (Å²) < 4.78 is 37.5. The Hall–Kier alpha value is -4.01. The highest BCUT2D eigenvalue weighted by atomic mass is 19.1. The number of halogens is 2. The molecule has 4 aromatic rings. The molecule has 4 atom stereocenters. The van der Waals surface area contributed by atoms with Gasteiger partial charge in [0.1, 0.15) is 24.3 Å². The first kappa shape index (κ1) is 26.6. The number of hydrogen-bond acceptors (Lipinski definition) is 8. The SMILES string of the molecule is C#Cc1c(F)ccc2cc(O)cc(Cn3cnc4c(OC[C@@]56CCCN5C[C@H](F)C6)nc(N5C[C@H]6CC[C@@H](C5)N6)nc43)c12. The Morgan fingerprint density at radius 3 is 2.81 bits per heavy atom. The number of phenols is 1. The molecule has 0 radical (unpaired) electrons. The molecule has 4 aliphatic heterocycles. The lowest BCUT2D eigenvalue weighted by atomic mass is 9.95. The number of phenolic OH excluding ortho intramolecular Hbond substituents is 1. The van der Waals surface area contributed by atoms with E-state index in [4.69, 9.17) is 21.1 Å². The number of alkyl halides is 1. The topological polar surface area (TPSA) is 91.6 Å². The molecule has 0 saturated carbocycles. The van der Waals surface area contributed by atoms with Crippen molar-refractivity contribution < 1.29 is 18.6 Å². The van der Waals surface area contributed by atoms with E-state index >= 15 is 0 Å². The first-order valence-corrected chi connectivity index (χ1v) is 15.1. The van der Waals surface area contributed by atoms with Gasteiger partial charge in [-0.3, -0.25) is 4.90 Å². The number of nitrogens with zero attached hydrogens (tertiary/aromatic N) is 6. The number of ether oxygens (including phenoxy) is 1. The van der Waals surface area contributed by atoms with E-state index in [1.165, 1.54) is 6.07 Å². The van der Waals surface area contributed by atoms with Crippen LogP contribution < -0.4 is 15.0 Å². The number of piperazine rings is 1. The fourth-order valence-electron chi connectivity index (χ4n) is 7.84. The van der Waals surface area contributed by atoms with E-state index in [1.54, 1.807) is 24.5 Å². The van der Waals surface area contributed by atoms with Crippen LogP contribution in [0.3, 0.4) is 0 Å². The summed E-state index contributed by atoms with van der Waals surface area (Å²) in [4.78, 5) is 19.0. The summed E-state index contributed by atoms with van der Waals surface area (Å²) in [5.74, 6) is 2.99. The Bertz CT molecular complexity index is 1780. The third-order valence-corrected chi connectivity index (χ3v) is 9.78. The van der Waals surface area contributed by atoms with Gasteiger partial charge in [0.25, 0.3) is 0 Å². The lowest BCUT2D eigenvalue weighted by Crippen LogP contribution is -2.51. The summed E-state index contributed by atoms with van der Waals surface area (Å²) in [6, 6.07) is 6.87. The minimum Gasteiger partial charge on any atom is -0.508 e. The van der Waals surface area contributed by atoms with Gasteiger partial charge in [-0.1, -0.05) is 12.0 Å². The van der Waals surface area contributed by atoms with E-state index in [9.17, 15) is 13.9 Å². The van der Waals surface area contributed by atoms with Crippen LogP contribution in [0.25, 0.3) is 21.9 Å². The minimum atomic E-state index is -0.852. The largest absolute Gasteiger partial charge is 0.508 e. The highest BCUT2D eigenvalue weighted by Crippen LogP contribution is 2.41. The molecule has 9 nitrogen and oxygen atoms in total. The maximum atomic E-state index is 14.7. The van der Waals surface area contributed by atoms with Crippen molar-refractivity contribution in [1.29, 1.82) is 0 Å². The molecule has 0 aliphatic carbocycles. The number of aromatic nitrogens is 4. The van der Waals surface area contributed by atoms with Gasteiger partial charge in [-0.2, -0.15) is 9.97 Å². The monoisotopic (exact) mass is 585 g/mol. The summed E-state index contributed by atoms with van der Waals surface area (Å²) in [7, 11) is 0. The average Bonchev–Trinajstić information content (AvgIpc) is 3.74. The van der Waals surface area contributed by atoms with Gasteiger partial charge in [-0.05, 0) is 61.4 Å². The van der Waals surface area contributed by atoms with Crippen molar-refractivity contribution in [1.82, 2.24) is 29.7 Å². The summed E-state index contributed by atoms with van der Waals surface area (Å²) >= 11 is 0. The van der Waals surface area contributed by atoms with Gasteiger partial charge in [0.15, 0.2) is 11.2 Å². The van der Waals surface area contributed by atoms with Crippen molar-refractivity contribution in [2.75, 3.05) is 37.7 Å². The number of nitrogens with one attached hydrogen (secondary N) is 1. The number of rotatable bonds is 6. The Balaban J connectivity index is 1.21. The van der Waals surface area contributed by atoms with Crippen LogP contribution >= 0.6 is 0 Å². The Morgan fingerprint density at radius 2 is 2.00 bits per heavy atom. The molecule has 0 spiro atoms. The van der Waals surface area contributed by atoms with Gasteiger partial charge >= 0.3 is 0 Å². The van der Waals surface area contributed by atoms with Crippen molar-refractivity contribution in [2.45, 2.75) is 62.4 Å². The van der Waals surface area contributed by atoms with Crippen LogP contribution in [0, 0.1) is 18.2 Å². The molecule has 2 aromatic carbocycles. The van der Waals surface area contributed by atoms with Crippen molar-refractivity contribution in [2.24, 2.45) is 0 Å².